The van der Waals surface area contributed by atoms with E-state index in [1.54, 1.807) is 18.2 Å². The van der Waals surface area contributed by atoms with Crippen LogP contribution < -0.4 is 15.4 Å². The second-order valence-corrected chi connectivity index (χ2v) is 4.31. The Morgan fingerprint density at radius 2 is 1.68 bits per heavy atom. The molecule has 2 rings (SSSR count). The number of nitrogen functional groups attached to an aromatic ring is 1. The van der Waals surface area contributed by atoms with E-state index < -0.39 is 17.4 Å². The molecule has 0 aliphatic heterocycles. The van der Waals surface area contributed by atoms with Gasteiger partial charge in [0, 0.05) is 43.7 Å². The van der Waals surface area contributed by atoms with Crippen LogP contribution in [0.25, 0.3) is 0 Å². The summed E-state index contributed by atoms with van der Waals surface area (Å²) in [4.78, 5) is 1.86. The molecule has 0 saturated heterocycles. The molecule has 2 aromatic rings. The van der Waals surface area contributed by atoms with Crippen molar-refractivity contribution in [1.82, 2.24) is 0 Å². The minimum Gasteiger partial charge on any atom is -0.451 e. The maximum Gasteiger partial charge on any atom is 0.198 e. The smallest absolute Gasteiger partial charge is 0.198 e. The van der Waals surface area contributed by atoms with E-state index in [1.807, 2.05) is 25.1 Å². The van der Waals surface area contributed by atoms with Crippen LogP contribution in [0.3, 0.4) is 0 Å². The summed E-state index contributed by atoms with van der Waals surface area (Å²) in [5.74, 6) is -1.75. The number of nitrogens with zero attached hydrogens (tertiary/aromatic N) is 1. The molecule has 0 saturated carbocycles. The van der Waals surface area contributed by atoms with Gasteiger partial charge in [0.2, 0.25) is 0 Å². The molecule has 3 nitrogen and oxygen atoms in total. The van der Waals surface area contributed by atoms with Gasteiger partial charge in [-0.25, -0.2) is 8.78 Å². The van der Waals surface area contributed by atoms with Crippen LogP contribution in [0.1, 0.15) is 0 Å². The van der Waals surface area contributed by atoms with Gasteiger partial charge in [0.25, 0.3) is 0 Å². The van der Waals surface area contributed by atoms with Gasteiger partial charge in [-0.3, -0.25) is 0 Å². The van der Waals surface area contributed by atoms with Crippen LogP contribution in [0, 0.1) is 11.6 Å². The number of rotatable bonds is 3. The third-order valence-electron chi connectivity index (χ3n) is 2.57. The average Bonchev–Trinajstić information content (AvgIpc) is 2.34. The van der Waals surface area contributed by atoms with Gasteiger partial charge in [-0.1, -0.05) is 6.07 Å². The number of ether oxygens (including phenoxy) is 1. The topological polar surface area (TPSA) is 38.5 Å². The van der Waals surface area contributed by atoms with Gasteiger partial charge >= 0.3 is 0 Å². The summed E-state index contributed by atoms with van der Waals surface area (Å²) in [5.41, 5.74) is 6.23. The van der Waals surface area contributed by atoms with Gasteiger partial charge in [0.1, 0.15) is 5.75 Å². The Morgan fingerprint density at radius 3 is 2.26 bits per heavy atom. The van der Waals surface area contributed by atoms with Crippen molar-refractivity contribution in [2.24, 2.45) is 0 Å². The van der Waals surface area contributed by atoms with E-state index in [2.05, 4.69) is 0 Å². The van der Waals surface area contributed by atoms with Crippen LogP contribution in [0.2, 0.25) is 0 Å². The molecule has 0 radical (unpaired) electrons. The molecule has 5 heteroatoms. The van der Waals surface area contributed by atoms with E-state index in [-0.39, 0.29) is 5.69 Å². The van der Waals surface area contributed by atoms with Crippen LogP contribution in [0.4, 0.5) is 20.2 Å². The molecular weight excluding hydrogens is 250 g/mol. The van der Waals surface area contributed by atoms with E-state index >= 15 is 0 Å². The number of hydrogen-bond donors (Lipinski definition) is 1. The van der Waals surface area contributed by atoms with E-state index in [4.69, 9.17) is 10.5 Å². The van der Waals surface area contributed by atoms with E-state index in [0.717, 1.165) is 17.8 Å². The largest absolute Gasteiger partial charge is 0.451 e. The lowest BCUT2D eigenvalue weighted by molar-refractivity contribution is 0.408. The molecule has 0 spiro atoms. The Kier molecular flexibility index (Phi) is 3.55. The van der Waals surface area contributed by atoms with E-state index in [0.29, 0.717) is 5.75 Å². The zero-order chi connectivity index (χ0) is 14.0. The maximum atomic E-state index is 13.6. The highest BCUT2D eigenvalue weighted by molar-refractivity contribution is 5.51. The van der Waals surface area contributed by atoms with Crippen molar-refractivity contribution in [2.75, 3.05) is 24.7 Å². The molecule has 0 aliphatic carbocycles. The van der Waals surface area contributed by atoms with Crippen LogP contribution in [-0.4, -0.2) is 14.1 Å². The van der Waals surface area contributed by atoms with Gasteiger partial charge in [0.15, 0.2) is 17.4 Å². The fourth-order valence-electron chi connectivity index (χ4n) is 1.62. The zero-order valence-electron chi connectivity index (χ0n) is 10.7. The first-order valence-corrected chi connectivity index (χ1v) is 5.67. The van der Waals surface area contributed by atoms with Gasteiger partial charge in [-0.15, -0.1) is 0 Å². The third kappa shape index (κ3) is 2.93. The van der Waals surface area contributed by atoms with Crippen molar-refractivity contribution in [2.45, 2.75) is 0 Å². The number of halogens is 2. The molecule has 0 bridgehead atoms. The highest BCUT2D eigenvalue weighted by Crippen LogP contribution is 2.30. The lowest BCUT2D eigenvalue weighted by atomic mass is 10.2. The lowest BCUT2D eigenvalue weighted by Gasteiger charge is -2.14. The van der Waals surface area contributed by atoms with Gasteiger partial charge in [-0.05, 0) is 12.1 Å². The predicted molar refractivity (Wildman–Crippen MR) is 71.6 cm³/mol. The van der Waals surface area contributed by atoms with Gasteiger partial charge in [0.05, 0.1) is 0 Å². The van der Waals surface area contributed by atoms with Crippen LogP contribution in [0.15, 0.2) is 36.4 Å². The normalized spacial score (nSPS) is 10.3. The van der Waals surface area contributed by atoms with E-state index in [1.165, 1.54) is 0 Å². The second kappa shape index (κ2) is 5.14. The Morgan fingerprint density at radius 1 is 1.05 bits per heavy atom. The Bertz CT molecular complexity index is 577. The Balaban J connectivity index is 2.34. The molecule has 0 amide bonds. The maximum absolute atomic E-state index is 13.6. The minimum atomic E-state index is -0.826. The van der Waals surface area contributed by atoms with Crippen molar-refractivity contribution < 1.29 is 13.5 Å². The second-order valence-electron chi connectivity index (χ2n) is 4.31. The molecule has 0 unspecified atom stereocenters. The van der Waals surface area contributed by atoms with Crippen molar-refractivity contribution in [1.29, 1.82) is 0 Å². The fourth-order valence-corrected chi connectivity index (χ4v) is 1.62. The summed E-state index contributed by atoms with van der Waals surface area (Å²) < 4.78 is 32.5. The lowest BCUT2D eigenvalue weighted by Crippen LogP contribution is -2.08. The summed E-state index contributed by atoms with van der Waals surface area (Å²) >= 11 is 0. The number of hydrogen-bond acceptors (Lipinski definition) is 3. The van der Waals surface area contributed by atoms with Crippen molar-refractivity contribution >= 4 is 11.4 Å². The van der Waals surface area contributed by atoms with Crippen LogP contribution in [-0.2, 0) is 0 Å². The number of anilines is 2. The molecule has 100 valence electrons. The summed E-state index contributed by atoms with van der Waals surface area (Å²) in [7, 11) is 3.73. The van der Waals surface area contributed by atoms with E-state index in [9.17, 15) is 8.78 Å². The van der Waals surface area contributed by atoms with Gasteiger partial charge in [-0.2, -0.15) is 0 Å². The highest BCUT2D eigenvalue weighted by atomic mass is 19.1. The SMILES string of the molecule is CN(C)c1cccc(Oc2c(F)cc(N)cc2F)c1. The van der Waals surface area contributed by atoms with Crippen LogP contribution in [0.5, 0.6) is 11.5 Å². The third-order valence-corrected chi connectivity index (χ3v) is 2.57. The molecule has 0 aliphatic rings. The molecule has 0 aromatic heterocycles. The molecular formula is C14H14F2N2O. The van der Waals surface area contributed by atoms with Crippen molar-refractivity contribution in [3.8, 4) is 11.5 Å². The molecule has 2 aromatic carbocycles. The highest BCUT2D eigenvalue weighted by Gasteiger charge is 2.13. The molecule has 0 heterocycles. The number of benzene rings is 2. The first-order chi connectivity index (χ1) is 8.97. The summed E-state index contributed by atoms with van der Waals surface area (Å²) in [6.45, 7) is 0. The molecule has 0 fully saturated rings. The predicted octanol–water partition coefficient (Wildman–Crippen LogP) is 3.41. The summed E-state index contributed by atoms with van der Waals surface area (Å²) in [6, 6.07) is 8.97. The van der Waals surface area contributed by atoms with Crippen molar-refractivity contribution in [3.05, 3.63) is 48.0 Å². The quantitative estimate of drug-likeness (QED) is 0.863. The number of nitrogens with two attached hydrogens (primary N) is 1. The first kappa shape index (κ1) is 13.1. The monoisotopic (exact) mass is 264 g/mol. The molecule has 0 atom stereocenters. The molecule has 19 heavy (non-hydrogen) atoms. The van der Waals surface area contributed by atoms with Gasteiger partial charge < -0.3 is 15.4 Å². The standard InChI is InChI=1S/C14H14F2N2O/c1-18(2)10-4-3-5-11(8-10)19-14-12(15)6-9(17)7-13(14)16/h3-8H,17H2,1-2H3. The summed E-state index contributed by atoms with van der Waals surface area (Å²) in [5, 5.41) is 0. The average molecular weight is 264 g/mol. The minimum absolute atomic E-state index is 0.0180. The Labute approximate surface area is 110 Å². The first-order valence-electron chi connectivity index (χ1n) is 5.67. The Hall–Kier alpha value is -2.30. The molecule has 2 N–H and O–H groups in total. The van der Waals surface area contributed by atoms with Crippen molar-refractivity contribution in [3.63, 3.8) is 0 Å². The summed E-state index contributed by atoms with van der Waals surface area (Å²) in [6.07, 6.45) is 0. The zero-order valence-corrected chi connectivity index (χ0v) is 10.7. The van der Waals surface area contributed by atoms with Crippen LogP contribution >= 0.6 is 0 Å². The fraction of sp³-hybridized carbons (Fsp3) is 0.143.